The number of nitrogens with zero attached hydrogens (tertiary/aromatic N) is 4. The van der Waals surface area contributed by atoms with Crippen LogP contribution in [0.2, 0.25) is 0 Å². The number of hydrogen-bond acceptors (Lipinski definition) is 4. The van der Waals surface area contributed by atoms with E-state index in [-0.39, 0.29) is 24.0 Å². The Balaban J connectivity index is 0.00000261. The van der Waals surface area contributed by atoms with Gasteiger partial charge in [-0.15, -0.1) is 24.0 Å². The first kappa shape index (κ1) is 21.5. The monoisotopic (exact) mass is 483 g/mol. The molecule has 148 valence electrons. The summed E-state index contributed by atoms with van der Waals surface area (Å²) in [6, 6.07) is 10.6. The molecule has 7 heteroatoms. The molecule has 0 aliphatic carbocycles. The summed E-state index contributed by atoms with van der Waals surface area (Å²) in [7, 11) is 0. The molecule has 1 N–H and O–H groups in total. The molecule has 2 aromatic rings. The maximum absolute atomic E-state index is 5.24. The van der Waals surface area contributed by atoms with Crippen molar-refractivity contribution in [3.05, 3.63) is 47.3 Å². The Morgan fingerprint density at radius 1 is 1.15 bits per heavy atom. The van der Waals surface area contributed by atoms with Gasteiger partial charge in [0, 0.05) is 50.5 Å². The van der Waals surface area contributed by atoms with Crippen LogP contribution in [-0.2, 0) is 6.42 Å². The van der Waals surface area contributed by atoms with Crippen LogP contribution in [0, 0.1) is 13.8 Å². The zero-order valence-electron chi connectivity index (χ0n) is 16.4. The smallest absolute Gasteiger partial charge is 0.194 e. The number of aryl methyl sites for hydroxylation is 2. The summed E-state index contributed by atoms with van der Waals surface area (Å²) in [5.74, 6) is 1.91. The average molecular weight is 483 g/mol. The molecule has 1 aliphatic heterocycles. The predicted molar refractivity (Wildman–Crippen MR) is 121 cm³/mol. The second-order valence-corrected chi connectivity index (χ2v) is 6.60. The Morgan fingerprint density at radius 2 is 1.85 bits per heavy atom. The lowest BCUT2D eigenvalue weighted by molar-refractivity contribution is 0.372. The van der Waals surface area contributed by atoms with Gasteiger partial charge in [0.15, 0.2) is 5.96 Å². The molecule has 0 amide bonds. The summed E-state index contributed by atoms with van der Waals surface area (Å²) < 4.78 is 5.24. The van der Waals surface area contributed by atoms with Crippen LogP contribution < -0.4 is 10.2 Å². The number of aromatic nitrogens is 1. The number of aliphatic imine (C=N–C) groups is 1. The maximum atomic E-state index is 5.24. The van der Waals surface area contributed by atoms with Crippen molar-refractivity contribution in [2.75, 3.05) is 44.2 Å². The van der Waals surface area contributed by atoms with Crippen LogP contribution >= 0.6 is 24.0 Å². The molecule has 0 atom stereocenters. The van der Waals surface area contributed by atoms with Crippen LogP contribution in [0.4, 0.5) is 5.69 Å². The molecule has 2 heterocycles. The van der Waals surface area contributed by atoms with Crippen molar-refractivity contribution in [1.29, 1.82) is 0 Å². The first-order valence-electron chi connectivity index (χ1n) is 9.44. The summed E-state index contributed by atoms with van der Waals surface area (Å²) in [5.41, 5.74) is 3.45. The van der Waals surface area contributed by atoms with Gasteiger partial charge in [-0.1, -0.05) is 23.4 Å². The Morgan fingerprint density at radius 3 is 2.44 bits per heavy atom. The lowest BCUT2D eigenvalue weighted by Gasteiger charge is -2.37. The van der Waals surface area contributed by atoms with E-state index in [1.165, 1.54) is 11.3 Å². The van der Waals surface area contributed by atoms with Gasteiger partial charge in [-0.25, -0.2) is 0 Å². The highest BCUT2D eigenvalue weighted by Gasteiger charge is 2.19. The molecule has 1 aromatic carbocycles. The third-order valence-electron chi connectivity index (χ3n) is 4.84. The van der Waals surface area contributed by atoms with E-state index < -0.39 is 0 Å². The van der Waals surface area contributed by atoms with Gasteiger partial charge >= 0.3 is 0 Å². The molecule has 6 nitrogen and oxygen atoms in total. The molecule has 1 saturated heterocycles. The van der Waals surface area contributed by atoms with Gasteiger partial charge in [-0.2, -0.15) is 0 Å². The average Bonchev–Trinajstić information content (AvgIpc) is 3.00. The van der Waals surface area contributed by atoms with Gasteiger partial charge in [0.2, 0.25) is 0 Å². The van der Waals surface area contributed by atoms with Gasteiger partial charge in [0.25, 0.3) is 0 Å². The number of rotatable bonds is 5. The number of benzene rings is 1. The van der Waals surface area contributed by atoms with E-state index in [2.05, 4.69) is 57.5 Å². The minimum absolute atomic E-state index is 0. The van der Waals surface area contributed by atoms with Crippen LogP contribution in [0.15, 0.2) is 39.8 Å². The highest BCUT2D eigenvalue weighted by atomic mass is 127. The van der Waals surface area contributed by atoms with E-state index in [0.717, 1.165) is 63.1 Å². The van der Waals surface area contributed by atoms with Gasteiger partial charge in [-0.05, 0) is 39.3 Å². The summed E-state index contributed by atoms with van der Waals surface area (Å²) in [6.07, 6.45) is 0.861. The Labute approximate surface area is 179 Å². The topological polar surface area (TPSA) is 56.9 Å². The van der Waals surface area contributed by atoms with Crippen LogP contribution in [0.25, 0.3) is 0 Å². The van der Waals surface area contributed by atoms with Gasteiger partial charge in [0.1, 0.15) is 5.76 Å². The normalized spacial score (nSPS) is 14.9. The minimum Gasteiger partial charge on any atom is -0.368 e. The van der Waals surface area contributed by atoms with Crippen molar-refractivity contribution in [2.45, 2.75) is 27.2 Å². The number of halogens is 1. The highest BCUT2D eigenvalue weighted by molar-refractivity contribution is 14.0. The van der Waals surface area contributed by atoms with E-state index in [1.807, 2.05) is 13.8 Å². The highest BCUT2D eigenvalue weighted by Crippen LogP contribution is 2.16. The van der Waals surface area contributed by atoms with Gasteiger partial charge < -0.3 is 19.6 Å². The molecule has 0 radical (unpaired) electrons. The van der Waals surface area contributed by atoms with E-state index in [9.17, 15) is 0 Å². The fourth-order valence-electron chi connectivity index (χ4n) is 3.37. The van der Waals surface area contributed by atoms with Gasteiger partial charge in [-0.3, -0.25) is 4.99 Å². The van der Waals surface area contributed by atoms with E-state index in [0.29, 0.717) is 0 Å². The fourth-order valence-corrected chi connectivity index (χ4v) is 3.37. The molecule has 0 saturated carbocycles. The lowest BCUT2D eigenvalue weighted by Crippen LogP contribution is -2.52. The van der Waals surface area contributed by atoms with Crippen LogP contribution in [0.5, 0.6) is 0 Å². The molecule has 3 rings (SSSR count). The van der Waals surface area contributed by atoms with Crippen molar-refractivity contribution < 1.29 is 4.52 Å². The third-order valence-corrected chi connectivity index (χ3v) is 4.84. The van der Waals surface area contributed by atoms with E-state index >= 15 is 0 Å². The summed E-state index contributed by atoms with van der Waals surface area (Å²) >= 11 is 0. The Hall–Kier alpha value is -1.77. The number of anilines is 1. The molecule has 1 aromatic heterocycles. The number of nitrogens with one attached hydrogen (secondary N) is 1. The van der Waals surface area contributed by atoms with E-state index in [1.54, 1.807) is 0 Å². The molecule has 0 bridgehead atoms. The third kappa shape index (κ3) is 5.60. The fraction of sp³-hybridized carbons (Fsp3) is 0.500. The molecular weight excluding hydrogens is 453 g/mol. The second kappa shape index (κ2) is 10.5. The van der Waals surface area contributed by atoms with Crippen LogP contribution in [0.3, 0.4) is 0 Å². The number of piperazine rings is 1. The zero-order chi connectivity index (χ0) is 18.4. The maximum Gasteiger partial charge on any atom is 0.194 e. The SMILES string of the molecule is CCNC(=NCCc1c(C)noc1C)N1CCN(c2ccccc2)CC1.I. The number of guanidine groups is 1. The standard InChI is InChI=1S/C20H29N5O.HI/c1-4-21-20(22-11-10-19-16(2)23-26-17(19)3)25-14-12-24(13-15-25)18-8-6-5-7-9-18;/h5-9H,4,10-15H2,1-3H3,(H,21,22);1H. The van der Waals surface area contributed by atoms with Crippen molar-refractivity contribution in [3.63, 3.8) is 0 Å². The number of hydrogen-bond donors (Lipinski definition) is 1. The van der Waals surface area contributed by atoms with Crippen LogP contribution in [-0.4, -0.2) is 55.3 Å². The molecule has 1 aliphatic rings. The van der Waals surface area contributed by atoms with Crippen molar-refractivity contribution in [2.24, 2.45) is 4.99 Å². The van der Waals surface area contributed by atoms with Crippen molar-refractivity contribution in [3.8, 4) is 0 Å². The predicted octanol–water partition coefficient (Wildman–Crippen LogP) is 3.24. The van der Waals surface area contributed by atoms with Gasteiger partial charge in [0.05, 0.1) is 5.69 Å². The van der Waals surface area contributed by atoms with Crippen molar-refractivity contribution in [1.82, 2.24) is 15.4 Å². The zero-order valence-corrected chi connectivity index (χ0v) is 18.8. The quantitative estimate of drug-likeness (QED) is 0.402. The van der Waals surface area contributed by atoms with Crippen molar-refractivity contribution >= 4 is 35.6 Å². The summed E-state index contributed by atoms with van der Waals surface area (Å²) in [5, 5.41) is 7.46. The largest absolute Gasteiger partial charge is 0.368 e. The first-order valence-corrected chi connectivity index (χ1v) is 9.44. The minimum atomic E-state index is 0. The summed E-state index contributed by atoms with van der Waals surface area (Å²) in [6.45, 7) is 11.7. The summed E-state index contributed by atoms with van der Waals surface area (Å²) in [4.78, 5) is 9.63. The Kier molecular flexibility index (Phi) is 8.40. The van der Waals surface area contributed by atoms with E-state index in [4.69, 9.17) is 9.52 Å². The molecule has 0 unspecified atom stereocenters. The molecule has 0 spiro atoms. The molecular formula is C20H30IN5O. The van der Waals surface area contributed by atoms with Crippen LogP contribution in [0.1, 0.15) is 23.9 Å². The first-order chi connectivity index (χ1) is 12.7. The Bertz CT molecular complexity index is 704. The molecule has 27 heavy (non-hydrogen) atoms. The second-order valence-electron chi connectivity index (χ2n) is 6.60. The lowest BCUT2D eigenvalue weighted by atomic mass is 10.1. The number of para-hydroxylation sites is 1. The molecule has 1 fully saturated rings.